The highest BCUT2D eigenvalue weighted by molar-refractivity contribution is 9.11. The van der Waals surface area contributed by atoms with Gasteiger partial charge in [-0.15, -0.1) is 0 Å². The summed E-state index contributed by atoms with van der Waals surface area (Å²) >= 11 is 6.57. The Balaban J connectivity index is 2.32. The van der Waals surface area contributed by atoms with E-state index < -0.39 is 10.0 Å². The number of sulfonamides is 1. The van der Waals surface area contributed by atoms with E-state index in [1.54, 1.807) is 19.2 Å². The van der Waals surface area contributed by atoms with Crippen molar-refractivity contribution in [1.29, 1.82) is 0 Å². The monoisotopic (exact) mass is 438 g/mol. The number of rotatable bonds is 4. The molecule has 1 aliphatic rings. The first kappa shape index (κ1) is 17.0. The van der Waals surface area contributed by atoms with E-state index in [4.69, 9.17) is 10.5 Å². The first-order valence-electron chi connectivity index (χ1n) is 6.27. The predicted molar refractivity (Wildman–Crippen MR) is 89.6 cm³/mol. The molecule has 0 aliphatic carbocycles. The van der Waals surface area contributed by atoms with Crippen LogP contribution in [0.2, 0.25) is 0 Å². The van der Waals surface area contributed by atoms with Gasteiger partial charge >= 0.3 is 0 Å². The summed E-state index contributed by atoms with van der Waals surface area (Å²) < 4.78 is 33.0. The SMILES string of the molecule is COCC1=CCN(S(=O)(=O)c2c(Br)cc(N)cc2Br)CC1. The van der Waals surface area contributed by atoms with Crippen LogP contribution in [0.4, 0.5) is 5.69 Å². The molecule has 0 unspecified atom stereocenters. The number of nitrogen functional groups attached to an aromatic ring is 1. The summed E-state index contributed by atoms with van der Waals surface area (Å²) in [6.45, 7) is 1.34. The lowest BCUT2D eigenvalue weighted by Crippen LogP contribution is -2.35. The third-order valence-electron chi connectivity index (χ3n) is 3.21. The van der Waals surface area contributed by atoms with Gasteiger partial charge in [-0.3, -0.25) is 0 Å². The Hall–Kier alpha value is -0.410. The molecule has 0 saturated heterocycles. The van der Waals surface area contributed by atoms with E-state index >= 15 is 0 Å². The molecule has 0 radical (unpaired) electrons. The first-order chi connectivity index (χ1) is 9.86. The molecular formula is C13H16Br2N2O3S. The van der Waals surface area contributed by atoms with Crippen LogP contribution >= 0.6 is 31.9 Å². The van der Waals surface area contributed by atoms with Crippen LogP contribution in [-0.4, -0.2) is 39.5 Å². The normalized spacial score (nSPS) is 16.8. The van der Waals surface area contributed by atoms with E-state index in [1.165, 1.54) is 4.31 Å². The Bertz CT molecular complexity index is 651. The highest BCUT2D eigenvalue weighted by Gasteiger charge is 2.30. The number of anilines is 1. The first-order valence-corrected chi connectivity index (χ1v) is 9.30. The molecule has 0 aromatic heterocycles. The van der Waals surface area contributed by atoms with E-state index in [2.05, 4.69) is 31.9 Å². The summed E-state index contributed by atoms with van der Waals surface area (Å²) in [5, 5.41) is 0. The fourth-order valence-electron chi connectivity index (χ4n) is 2.18. The molecule has 2 N–H and O–H groups in total. The van der Waals surface area contributed by atoms with E-state index in [9.17, 15) is 8.42 Å². The van der Waals surface area contributed by atoms with Crippen LogP contribution in [0.5, 0.6) is 0 Å². The van der Waals surface area contributed by atoms with Crippen LogP contribution < -0.4 is 5.73 Å². The molecule has 1 aliphatic heterocycles. The average molecular weight is 440 g/mol. The summed E-state index contributed by atoms with van der Waals surface area (Å²) in [4.78, 5) is 0.209. The minimum atomic E-state index is -3.58. The van der Waals surface area contributed by atoms with Crippen molar-refractivity contribution in [1.82, 2.24) is 4.31 Å². The van der Waals surface area contributed by atoms with Crippen molar-refractivity contribution in [2.24, 2.45) is 0 Å². The van der Waals surface area contributed by atoms with E-state index in [1.807, 2.05) is 6.08 Å². The van der Waals surface area contributed by atoms with Gasteiger partial charge in [0.05, 0.1) is 6.61 Å². The second-order valence-electron chi connectivity index (χ2n) is 4.72. The zero-order valence-electron chi connectivity index (χ0n) is 11.5. The third kappa shape index (κ3) is 3.68. The summed E-state index contributed by atoms with van der Waals surface area (Å²) in [6, 6.07) is 3.18. The van der Waals surface area contributed by atoms with Gasteiger partial charge in [-0.25, -0.2) is 8.42 Å². The molecule has 8 heteroatoms. The maximum Gasteiger partial charge on any atom is 0.245 e. The number of nitrogens with zero attached hydrogens (tertiary/aromatic N) is 1. The minimum absolute atomic E-state index is 0.209. The van der Waals surface area contributed by atoms with Crippen LogP contribution in [0, 0.1) is 0 Å². The van der Waals surface area contributed by atoms with Crippen molar-refractivity contribution in [3.63, 3.8) is 0 Å². The smallest absolute Gasteiger partial charge is 0.245 e. The summed E-state index contributed by atoms with van der Waals surface area (Å²) in [5.41, 5.74) is 7.33. The Morgan fingerprint density at radius 2 is 1.95 bits per heavy atom. The molecule has 116 valence electrons. The topological polar surface area (TPSA) is 72.6 Å². The van der Waals surface area contributed by atoms with Crippen LogP contribution in [0.3, 0.4) is 0 Å². The molecule has 1 aromatic carbocycles. The molecule has 0 fully saturated rings. The van der Waals surface area contributed by atoms with Crippen molar-refractivity contribution in [2.75, 3.05) is 32.5 Å². The van der Waals surface area contributed by atoms with E-state index in [0.717, 1.165) is 5.57 Å². The van der Waals surface area contributed by atoms with Crippen molar-refractivity contribution in [3.8, 4) is 0 Å². The molecule has 1 aromatic rings. The van der Waals surface area contributed by atoms with Gasteiger partial charge in [0.2, 0.25) is 10.0 Å². The molecule has 1 heterocycles. The van der Waals surface area contributed by atoms with Gasteiger partial charge < -0.3 is 10.5 Å². The van der Waals surface area contributed by atoms with Crippen molar-refractivity contribution in [2.45, 2.75) is 11.3 Å². The molecule has 21 heavy (non-hydrogen) atoms. The van der Waals surface area contributed by atoms with Crippen LogP contribution in [0.25, 0.3) is 0 Å². The molecule has 0 atom stereocenters. The Morgan fingerprint density at radius 3 is 2.43 bits per heavy atom. The lowest BCUT2D eigenvalue weighted by molar-refractivity contribution is 0.219. The number of hydrogen-bond acceptors (Lipinski definition) is 4. The molecule has 0 amide bonds. The largest absolute Gasteiger partial charge is 0.399 e. The molecular weight excluding hydrogens is 424 g/mol. The number of benzene rings is 1. The Labute approximate surface area is 141 Å². The van der Waals surface area contributed by atoms with Gasteiger partial charge in [-0.1, -0.05) is 6.08 Å². The van der Waals surface area contributed by atoms with Crippen molar-refractivity contribution >= 4 is 47.6 Å². The lowest BCUT2D eigenvalue weighted by Gasteiger charge is -2.26. The quantitative estimate of drug-likeness (QED) is 0.578. The predicted octanol–water partition coefficient (Wildman–Crippen LogP) is 2.76. The van der Waals surface area contributed by atoms with Gasteiger partial charge in [0.1, 0.15) is 4.90 Å². The fourth-order valence-corrected chi connectivity index (χ4v) is 6.10. The van der Waals surface area contributed by atoms with Crippen molar-refractivity contribution in [3.05, 3.63) is 32.7 Å². The minimum Gasteiger partial charge on any atom is -0.399 e. The maximum absolute atomic E-state index is 12.8. The zero-order chi connectivity index (χ0) is 15.6. The maximum atomic E-state index is 12.8. The van der Waals surface area contributed by atoms with Gasteiger partial charge in [-0.05, 0) is 56.0 Å². The van der Waals surface area contributed by atoms with E-state index in [-0.39, 0.29) is 4.90 Å². The summed E-state index contributed by atoms with van der Waals surface area (Å²) in [5.74, 6) is 0. The molecule has 2 rings (SSSR count). The lowest BCUT2D eigenvalue weighted by atomic mass is 10.1. The number of hydrogen-bond donors (Lipinski definition) is 1. The third-order valence-corrected chi connectivity index (χ3v) is 6.96. The second kappa shape index (κ2) is 6.78. The Morgan fingerprint density at radius 1 is 1.33 bits per heavy atom. The highest BCUT2D eigenvalue weighted by Crippen LogP contribution is 2.35. The standard InChI is InChI=1S/C13H16Br2N2O3S/c1-20-8-9-2-4-17(5-3-9)21(18,19)13-11(14)6-10(16)7-12(13)15/h2,6-7H,3-5,8,16H2,1H3. The second-order valence-corrected chi connectivity index (χ2v) is 8.31. The van der Waals surface area contributed by atoms with Crippen molar-refractivity contribution < 1.29 is 13.2 Å². The fraction of sp³-hybridized carbons (Fsp3) is 0.385. The average Bonchev–Trinajstić information content (AvgIpc) is 2.38. The molecule has 0 saturated carbocycles. The molecule has 0 bridgehead atoms. The zero-order valence-corrected chi connectivity index (χ0v) is 15.5. The number of halogens is 2. The summed E-state index contributed by atoms with van der Waals surface area (Å²) in [7, 11) is -1.95. The van der Waals surface area contributed by atoms with Crippen LogP contribution in [-0.2, 0) is 14.8 Å². The summed E-state index contributed by atoms with van der Waals surface area (Å²) in [6.07, 6.45) is 2.58. The highest BCUT2D eigenvalue weighted by atomic mass is 79.9. The number of nitrogens with two attached hydrogens (primary N) is 1. The van der Waals surface area contributed by atoms with Crippen LogP contribution in [0.15, 0.2) is 37.6 Å². The van der Waals surface area contributed by atoms with Gasteiger partial charge in [0.15, 0.2) is 0 Å². The Kier molecular flexibility index (Phi) is 5.48. The van der Waals surface area contributed by atoms with Gasteiger partial charge in [-0.2, -0.15) is 4.31 Å². The van der Waals surface area contributed by atoms with Crippen LogP contribution in [0.1, 0.15) is 6.42 Å². The molecule has 0 spiro atoms. The number of ether oxygens (including phenoxy) is 1. The van der Waals surface area contributed by atoms with Gasteiger partial charge in [0, 0.05) is 34.8 Å². The van der Waals surface area contributed by atoms with Gasteiger partial charge in [0.25, 0.3) is 0 Å². The number of methoxy groups -OCH3 is 1. The van der Waals surface area contributed by atoms with E-state index in [0.29, 0.717) is 40.8 Å². The molecule has 5 nitrogen and oxygen atoms in total.